The van der Waals surface area contributed by atoms with E-state index in [1.807, 2.05) is 17.1 Å². The average molecular weight is 264 g/mol. The van der Waals surface area contributed by atoms with E-state index in [1.165, 1.54) is 11.1 Å². The van der Waals surface area contributed by atoms with Gasteiger partial charge in [0, 0.05) is 23.2 Å². The molecule has 90 valence electrons. The van der Waals surface area contributed by atoms with E-state index in [9.17, 15) is 0 Å². The van der Waals surface area contributed by atoms with E-state index in [0.717, 1.165) is 22.2 Å². The van der Waals surface area contributed by atoms with Crippen LogP contribution in [0.1, 0.15) is 18.2 Å². The highest BCUT2D eigenvalue weighted by Gasteiger charge is 2.04. The zero-order chi connectivity index (χ0) is 12.1. The molecule has 0 fully saturated rings. The van der Waals surface area contributed by atoms with Gasteiger partial charge in [0.1, 0.15) is 5.01 Å². The summed E-state index contributed by atoms with van der Waals surface area (Å²) >= 11 is 3.60. The molecule has 17 heavy (non-hydrogen) atoms. The Balaban J connectivity index is 2.20. The molecule has 1 aromatic carbocycles. The number of thiazole rings is 1. The number of benzene rings is 1. The fraction of sp³-hybridized carbons (Fsp3) is 0.308. The molecule has 0 spiro atoms. The van der Waals surface area contributed by atoms with Gasteiger partial charge in [-0.3, -0.25) is 0 Å². The summed E-state index contributed by atoms with van der Waals surface area (Å²) in [5.41, 5.74) is 9.11. The Morgan fingerprint density at radius 3 is 3.00 bits per heavy atom. The predicted molar refractivity (Wildman–Crippen MR) is 77.3 cm³/mol. The highest BCUT2D eigenvalue weighted by molar-refractivity contribution is 7.98. The topological polar surface area (TPSA) is 38.9 Å². The summed E-state index contributed by atoms with van der Waals surface area (Å²) in [7, 11) is 0. The monoisotopic (exact) mass is 264 g/mol. The molecule has 0 saturated heterocycles. The van der Waals surface area contributed by atoms with Crippen molar-refractivity contribution in [1.29, 1.82) is 0 Å². The molecule has 0 aliphatic heterocycles. The molecule has 2 nitrogen and oxygen atoms in total. The van der Waals surface area contributed by atoms with Gasteiger partial charge in [0.25, 0.3) is 0 Å². The summed E-state index contributed by atoms with van der Waals surface area (Å²) in [4.78, 5) is 4.51. The molecule has 0 aliphatic rings. The Kier molecular flexibility index (Phi) is 4.59. The summed E-state index contributed by atoms with van der Waals surface area (Å²) < 4.78 is 0. The van der Waals surface area contributed by atoms with Crippen molar-refractivity contribution in [1.82, 2.24) is 4.98 Å². The van der Waals surface area contributed by atoms with Crippen LogP contribution in [-0.4, -0.2) is 10.7 Å². The van der Waals surface area contributed by atoms with Crippen LogP contribution in [0.15, 0.2) is 29.6 Å². The average Bonchev–Trinajstić information content (AvgIpc) is 2.85. The smallest absolute Gasteiger partial charge is 0.123 e. The lowest BCUT2D eigenvalue weighted by atomic mass is 10.1. The molecule has 0 aliphatic carbocycles. The van der Waals surface area contributed by atoms with Crippen LogP contribution in [0.25, 0.3) is 10.6 Å². The third-order valence-corrected chi connectivity index (χ3v) is 4.29. The van der Waals surface area contributed by atoms with E-state index in [0.29, 0.717) is 6.54 Å². The number of nitrogens with two attached hydrogens (primary N) is 1. The first-order valence-electron chi connectivity index (χ1n) is 5.65. The molecular weight excluding hydrogens is 248 g/mol. The second kappa shape index (κ2) is 6.19. The largest absolute Gasteiger partial charge is 0.325 e. The van der Waals surface area contributed by atoms with Gasteiger partial charge in [0.2, 0.25) is 0 Å². The molecule has 0 saturated carbocycles. The number of rotatable bonds is 5. The zero-order valence-corrected chi connectivity index (χ0v) is 11.5. The quantitative estimate of drug-likeness (QED) is 0.898. The van der Waals surface area contributed by atoms with Crippen molar-refractivity contribution in [3.8, 4) is 10.6 Å². The number of hydrogen-bond acceptors (Lipinski definition) is 4. The van der Waals surface area contributed by atoms with Gasteiger partial charge in [-0.2, -0.15) is 11.8 Å². The number of thioether (sulfide) groups is 1. The second-order valence-corrected chi connectivity index (χ2v) is 5.82. The van der Waals surface area contributed by atoms with Crippen molar-refractivity contribution < 1.29 is 0 Å². The van der Waals surface area contributed by atoms with Crippen LogP contribution in [0, 0.1) is 0 Å². The van der Waals surface area contributed by atoms with Crippen LogP contribution in [0.2, 0.25) is 0 Å². The van der Waals surface area contributed by atoms with Crippen molar-refractivity contribution in [2.75, 3.05) is 5.75 Å². The SMILES string of the molecule is CCSCc1cccc(-c2nc(CN)cs2)c1. The fourth-order valence-corrected chi connectivity index (χ4v) is 3.00. The maximum atomic E-state index is 5.58. The molecule has 0 unspecified atom stereocenters. The molecule has 0 atom stereocenters. The van der Waals surface area contributed by atoms with Crippen LogP contribution >= 0.6 is 23.1 Å². The predicted octanol–water partition coefficient (Wildman–Crippen LogP) is 3.52. The van der Waals surface area contributed by atoms with E-state index in [2.05, 4.69) is 36.2 Å². The van der Waals surface area contributed by atoms with Crippen LogP contribution in [0.3, 0.4) is 0 Å². The number of nitrogens with zero attached hydrogens (tertiary/aromatic N) is 1. The van der Waals surface area contributed by atoms with Gasteiger partial charge in [-0.25, -0.2) is 4.98 Å². The van der Waals surface area contributed by atoms with Crippen molar-refractivity contribution in [2.24, 2.45) is 5.73 Å². The second-order valence-electron chi connectivity index (χ2n) is 3.69. The van der Waals surface area contributed by atoms with Gasteiger partial charge in [-0.05, 0) is 17.4 Å². The maximum absolute atomic E-state index is 5.58. The Morgan fingerprint density at radius 2 is 2.29 bits per heavy atom. The van der Waals surface area contributed by atoms with E-state index in [1.54, 1.807) is 11.3 Å². The van der Waals surface area contributed by atoms with Crippen LogP contribution < -0.4 is 5.73 Å². The van der Waals surface area contributed by atoms with Crippen LogP contribution in [0.5, 0.6) is 0 Å². The molecule has 2 aromatic rings. The minimum atomic E-state index is 0.516. The fourth-order valence-electron chi connectivity index (χ4n) is 1.55. The first-order chi connectivity index (χ1) is 8.33. The summed E-state index contributed by atoms with van der Waals surface area (Å²) in [5.74, 6) is 2.22. The minimum Gasteiger partial charge on any atom is -0.325 e. The van der Waals surface area contributed by atoms with Crippen LogP contribution in [-0.2, 0) is 12.3 Å². The molecule has 1 aromatic heterocycles. The van der Waals surface area contributed by atoms with Gasteiger partial charge >= 0.3 is 0 Å². The summed E-state index contributed by atoms with van der Waals surface area (Å²) in [6.07, 6.45) is 0. The maximum Gasteiger partial charge on any atom is 0.123 e. The highest BCUT2D eigenvalue weighted by atomic mass is 32.2. The van der Waals surface area contributed by atoms with Gasteiger partial charge in [0.05, 0.1) is 5.69 Å². The normalized spacial score (nSPS) is 10.7. The molecule has 1 heterocycles. The Morgan fingerprint density at radius 1 is 1.41 bits per heavy atom. The Labute approximate surface area is 110 Å². The van der Waals surface area contributed by atoms with Crippen molar-refractivity contribution >= 4 is 23.1 Å². The van der Waals surface area contributed by atoms with Gasteiger partial charge in [-0.1, -0.05) is 25.1 Å². The first kappa shape index (κ1) is 12.6. The highest BCUT2D eigenvalue weighted by Crippen LogP contribution is 2.25. The lowest BCUT2D eigenvalue weighted by molar-refractivity contribution is 1.01. The molecular formula is C13H16N2S2. The van der Waals surface area contributed by atoms with Gasteiger partial charge in [0.15, 0.2) is 0 Å². The summed E-state index contributed by atoms with van der Waals surface area (Å²) in [5, 5.41) is 3.09. The summed E-state index contributed by atoms with van der Waals surface area (Å²) in [6, 6.07) is 8.61. The Hall–Kier alpha value is -0.840. The molecule has 2 N–H and O–H groups in total. The van der Waals surface area contributed by atoms with Gasteiger partial charge in [-0.15, -0.1) is 11.3 Å². The zero-order valence-electron chi connectivity index (χ0n) is 9.85. The standard InChI is InChI=1S/C13H16N2S2/c1-2-16-8-10-4-3-5-11(6-10)13-15-12(7-14)9-17-13/h3-6,9H,2,7-8,14H2,1H3. The molecule has 0 bridgehead atoms. The summed E-state index contributed by atoms with van der Waals surface area (Å²) in [6.45, 7) is 2.70. The molecule has 0 amide bonds. The minimum absolute atomic E-state index is 0.516. The van der Waals surface area contributed by atoms with E-state index in [4.69, 9.17) is 5.73 Å². The third kappa shape index (κ3) is 3.31. The molecule has 2 rings (SSSR count). The van der Waals surface area contributed by atoms with E-state index in [-0.39, 0.29) is 0 Å². The van der Waals surface area contributed by atoms with E-state index < -0.39 is 0 Å². The Bertz CT molecular complexity index is 480. The van der Waals surface area contributed by atoms with Gasteiger partial charge < -0.3 is 5.73 Å². The molecule has 4 heteroatoms. The number of aromatic nitrogens is 1. The van der Waals surface area contributed by atoms with E-state index >= 15 is 0 Å². The first-order valence-corrected chi connectivity index (χ1v) is 7.68. The third-order valence-electron chi connectivity index (χ3n) is 2.41. The van der Waals surface area contributed by atoms with Crippen molar-refractivity contribution in [2.45, 2.75) is 19.2 Å². The van der Waals surface area contributed by atoms with Crippen molar-refractivity contribution in [3.63, 3.8) is 0 Å². The number of hydrogen-bond donors (Lipinski definition) is 1. The lowest BCUT2D eigenvalue weighted by Crippen LogP contribution is -1.95. The van der Waals surface area contributed by atoms with Crippen LogP contribution in [0.4, 0.5) is 0 Å². The lowest BCUT2D eigenvalue weighted by Gasteiger charge is -2.02. The molecule has 0 radical (unpaired) electrons. The van der Waals surface area contributed by atoms with Crippen molar-refractivity contribution in [3.05, 3.63) is 40.9 Å².